The maximum atomic E-state index is 5.05. The summed E-state index contributed by atoms with van der Waals surface area (Å²) in [6.45, 7) is 0. The molecule has 2 aromatic heterocycles. The molecule has 0 fully saturated rings. The Balaban J connectivity index is 2.46. The van der Waals surface area contributed by atoms with Crippen LogP contribution in [0.4, 0.5) is 0 Å². The summed E-state index contributed by atoms with van der Waals surface area (Å²) < 4.78 is 5.05. The molecule has 2 heterocycles. The van der Waals surface area contributed by atoms with Gasteiger partial charge in [-0.15, -0.1) is 0 Å². The topological polar surface area (TPSA) is 38.9 Å². The quantitative estimate of drug-likeness (QED) is 0.610. The fourth-order valence-electron chi connectivity index (χ4n) is 0.824. The average Bonchev–Trinajstić information content (AvgIpc) is 2.58. The average molecular weight is 145 g/mol. The summed E-state index contributed by atoms with van der Waals surface area (Å²) in [5.74, 6) is 0.728. The molecule has 0 saturated heterocycles. The van der Waals surface area contributed by atoms with E-state index in [1.54, 1.807) is 18.5 Å². The highest BCUT2D eigenvalue weighted by atomic mass is 16.3. The van der Waals surface area contributed by atoms with E-state index in [4.69, 9.17) is 4.42 Å². The second kappa shape index (κ2) is 2.54. The van der Waals surface area contributed by atoms with Crippen molar-refractivity contribution >= 4 is 0 Å². The number of aromatic nitrogens is 2. The number of hydrogen-bond donors (Lipinski definition) is 0. The summed E-state index contributed by atoms with van der Waals surface area (Å²) in [6, 6.07) is 3.60. The third kappa shape index (κ3) is 1.12. The van der Waals surface area contributed by atoms with Gasteiger partial charge in [-0.25, -0.2) is 4.98 Å². The molecular weight excluding hydrogens is 140 g/mol. The second-order valence-electron chi connectivity index (χ2n) is 2.04. The van der Waals surface area contributed by atoms with Crippen molar-refractivity contribution in [3.63, 3.8) is 0 Å². The third-order valence-electron chi connectivity index (χ3n) is 1.33. The summed E-state index contributed by atoms with van der Waals surface area (Å²) >= 11 is 0. The Morgan fingerprint density at radius 3 is 3.00 bits per heavy atom. The Kier molecular flexibility index (Phi) is 1.41. The van der Waals surface area contributed by atoms with Gasteiger partial charge in [0, 0.05) is 11.8 Å². The van der Waals surface area contributed by atoms with E-state index in [2.05, 4.69) is 16.2 Å². The van der Waals surface area contributed by atoms with E-state index in [0.717, 1.165) is 11.3 Å². The van der Waals surface area contributed by atoms with Crippen LogP contribution < -0.4 is 0 Å². The van der Waals surface area contributed by atoms with Gasteiger partial charge in [0.15, 0.2) is 12.2 Å². The molecule has 1 radical (unpaired) electrons. The lowest BCUT2D eigenvalue weighted by atomic mass is 10.2. The highest BCUT2D eigenvalue weighted by molar-refractivity contribution is 5.53. The zero-order valence-electron chi connectivity index (χ0n) is 5.69. The number of nitrogens with zero attached hydrogens (tertiary/aromatic N) is 2. The van der Waals surface area contributed by atoms with Crippen LogP contribution in [-0.4, -0.2) is 9.97 Å². The van der Waals surface area contributed by atoms with Gasteiger partial charge in [-0.3, -0.25) is 4.98 Å². The van der Waals surface area contributed by atoms with Crippen molar-refractivity contribution in [2.24, 2.45) is 0 Å². The van der Waals surface area contributed by atoms with Gasteiger partial charge in [-0.05, 0) is 12.1 Å². The Hall–Kier alpha value is -1.64. The molecule has 0 aliphatic carbocycles. The zero-order chi connectivity index (χ0) is 7.52. The van der Waals surface area contributed by atoms with Crippen molar-refractivity contribution in [1.29, 1.82) is 0 Å². The largest absolute Gasteiger partial charge is 0.443 e. The molecule has 0 aliphatic rings. The van der Waals surface area contributed by atoms with Gasteiger partial charge in [0.25, 0.3) is 0 Å². The molecule has 0 amide bonds. The highest BCUT2D eigenvalue weighted by Gasteiger charge is 1.98. The van der Waals surface area contributed by atoms with Gasteiger partial charge in [0.1, 0.15) is 0 Å². The minimum atomic E-state index is 0.728. The summed E-state index contributed by atoms with van der Waals surface area (Å²) in [5.41, 5.74) is 0.918. The van der Waals surface area contributed by atoms with E-state index >= 15 is 0 Å². The Morgan fingerprint density at radius 1 is 1.36 bits per heavy atom. The molecule has 53 valence electrons. The molecule has 0 atom stereocenters. The number of oxazole rings is 1. The smallest absolute Gasteiger partial charge is 0.181 e. The fourth-order valence-corrected chi connectivity index (χ4v) is 0.824. The van der Waals surface area contributed by atoms with E-state index in [-0.39, 0.29) is 0 Å². The van der Waals surface area contributed by atoms with Crippen LogP contribution in [0, 0.1) is 6.20 Å². The summed E-state index contributed by atoms with van der Waals surface area (Å²) in [6.07, 6.45) is 7.41. The van der Waals surface area contributed by atoms with Crippen molar-refractivity contribution in [1.82, 2.24) is 9.97 Å². The van der Waals surface area contributed by atoms with Gasteiger partial charge < -0.3 is 4.42 Å². The summed E-state index contributed by atoms with van der Waals surface area (Å²) in [5, 5.41) is 0. The van der Waals surface area contributed by atoms with E-state index < -0.39 is 0 Å². The van der Waals surface area contributed by atoms with E-state index in [9.17, 15) is 0 Å². The monoisotopic (exact) mass is 145 g/mol. The van der Waals surface area contributed by atoms with E-state index in [1.807, 2.05) is 6.07 Å². The van der Waals surface area contributed by atoms with Gasteiger partial charge in [0.2, 0.25) is 0 Å². The predicted octanol–water partition coefficient (Wildman–Crippen LogP) is 1.54. The van der Waals surface area contributed by atoms with Crippen LogP contribution in [0.1, 0.15) is 0 Å². The van der Waals surface area contributed by atoms with E-state index in [1.165, 1.54) is 6.39 Å². The lowest BCUT2D eigenvalue weighted by molar-refractivity contribution is 0.571. The number of hydrogen-bond acceptors (Lipinski definition) is 3. The molecule has 3 nitrogen and oxygen atoms in total. The van der Waals surface area contributed by atoms with Crippen LogP contribution in [0.15, 0.2) is 35.3 Å². The molecule has 11 heavy (non-hydrogen) atoms. The molecule has 2 rings (SSSR count). The third-order valence-corrected chi connectivity index (χ3v) is 1.33. The normalized spacial score (nSPS) is 9.82. The Morgan fingerprint density at radius 2 is 2.36 bits per heavy atom. The van der Waals surface area contributed by atoms with Crippen LogP contribution in [0.5, 0.6) is 0 Å². The van der Waals surface area contributed by atoms with Crippen LogP contribution in [0.25, 0.3) is 11.3 Å². The maximum Gasteiger partial charge on any atom is 0.181 e. The van der Waals surface area contributed by atoms with Crippen molar-refractivity contribution in [2.45, 2.75) is 0 Å². The van der Waals surface area contributed by atoms with Crippen LogP contribution in [0.3, 0.4) is 0 Å². The predicted molar refractivity (Wildman–Crippen MR) is 38.6 cm³/mol. The van der Waals surface area contributed by atoms with Crippen molar-refractivity contribution in [2.75, 3.05) is 0 Å². The zero-order valence-corrected chi connectivity index (χ0v) is 5.69. The lowest BCUT2D eigenvalue weighted by Gasteiger charge is -1.90. The summed E-state index contributed by atoms with van der Waals surface area (Å²) in [7, 11) is 0. The van der Waals surface area contributed by atoms with Crippen LogP contribution >= 0.6 is 0 Å². The second-order valence-corrected chi connectivity index (χ2v) is 2.04. The SMILES string of the molecule is [c]1ccc(-c2cnco2)cn1. The number of rotatable bonds is 1. The molecule has 0 aromatic carbocycles. The first-order valence-electron chi connectivity index (χ1n) is 3.18. The van der Waals surface area contributed by atoms with Crippen molar-refractivity contribution < 1.29 is 4.42 Å². The molecular formula is C8H5N2O. The minimum absolute atomic E-state index is 0.728. The molecule has 0 N–H and O–H groups in total. The lowest BCUT2D eigenvalue weighted by Crippen LogP contribution is -1.74. The molecule has 0 aliphatic heterocycles. The number of pyridine rings is 1. The molecule has 0 spiro atoms. The van der Waals surface area contributed by atoms with Gasteiger partial charge in [-0.2, -0.15) is 0 Å². The standard InChI is InChI=1S/C8H5N2O/c1-2-7(4-9-3-1)8-5-10-6-11-8/h1-2,4-6H. The molecule has 0 saturated carbocycles. The molecule has 3 heteroatoms. The van der Waals surface area contributed by atoms with Gasteiger partial charge in [0.05, 0.1) is 12.4 Å². The fraction of sp³-hybridized carbons (Fsp3) is 0. The Labute approximate surface area is 63.7 Å². The molecule has 0 unspecified atom stereocenters. The first kappa shape index (κ1) is 6.09. The minimum Gasteiger partial charge on any atom is -0.443 e. The van der Waals surface area contributed by atoms with E-state index in [0.29, 0.717) is 0 Å². The first-order chi connectivity index (χ1) is 5.47. The highest BCUT2D eigenvalue weighted by Crippen LogP contribution is 2.15. The molecule has 0 bridgehead atoms. The first-order valence-corrected chi connectivity index (χ1v) is 3.18. The van der Waals surface area contributed by atoms with Gasteiger partial charge in [-0.1, -0.05) is 0 Å². The Bertz CT molecular complexity index is 315. The van der Waals surface area contributed by atoms with Crippen molar-refractivity contribution in [3.8, 4) is 11.3 Å². The van der Waals surface area contributed by atoms with Gasteiger partial charge >= 0.3 is 0 Å². The summed E-state index contributed by atoms with van der Waals surface area (Å²) in [4.78, 5) is 7.62. The van der Waals surface area contributed by atoms with Crippen LogP contribution in [0.2, 0.25) is 0 Å². The molecule has 2 aromatic rings. The van der Waals surface area contributed by atoms with Crippen molar-refractivity contribution in [3.05, 3.63) is 37.1 Å². The van der Waals surface area contributed by atoms with Crippen LogP contribution in [-0.2, 0) is 0 Å². The maximum absolute atomic E-state index is 5.05.